The predicted molar refractivity (Wildman–Crippen MR) is 49.4 cm³/mol. The van der Waals surface area contributed by atoms with Crippen molar-refractivity contribution >= 4 is 5.97 Å². The number of carbonyl (C=O) groups excluding carboxylic acids is 1. The van der Waals surface area contributed by atoms with Gasteiger partial charge >= 0.3 is 5.97 Å². The van der Waals surface area contributed by atoms with Crippen molar-refractivity contribution < 1.29 is 9.53 Å². The number of carbonyl (C=O) groups is 1. The third-order valence-corrected chi connectivity index (χ3v) is 2.06. The van der Waals surface area contributed by atoms with Gasteiger partial charge in [0.15, 0.2) is 0 Å². The van der Waals surface area contributed by atoms with E-state index in [2.05, 4.69) is 17.9 Å². The number of ether oxygens (including phenoxy) is 1. The summed E-state index contributed by atoms with van der Waals surface area (Å²) in [4.78, 5) is 11.2. The van der Waals surface area contributed by atoms with Crippen molar-refractivity contribution in [2.45, 2.75) is 20.3 Å². The van der Waals surface area contributed by atoms with Crippen molar-refractivity contribution in [2.75, 3.05) is 0 Å². The van der Waals surface area contributed by atoms with E-state index in [0.29, 0.717) is 6.42 Å². The minimum atomic E-state index is -0.847. The molecule has 0 fully saturated rings. The van der Waals surface area contributed by atoms with Crippen LogP contribution in [-0.4, -0.2) is 5.97 Å². The van der Waals surface area contributed by atoms with Crippen molar-refractivity contribution in [3.8, 4) is 6.07 Å². The number of esters is 1. The van der Waals surface area contributed by atoms with E-state index in [9.17, 15) is 4.79 Å². The predicted octanol–water partition coefficient (Wildman–Crippen LogP) is 2.17. The molecule has 0 rings (SSSR count). The van der Waals surface area contributed by atoms with Gasteiger partial charge in [0.05, 0.1) is 23.3 Å². The SMILES string of the molecule is C=COC(=O)C(=C)[C@@](C)(C#N)CC. The molecule has 0 amide bonds. The monoisotopic (exact) mass is 179 g/mol. The molecular weight excluding hydrogens is 166 g/mol. The highest BCUT2D eigenvalue weighted by atomic mass is 16.5. The largest absolute Gasteiger partial charge is 0.432 e. The molecule has 0 N–H and O–H groups in total. The summed E-state index contributed by atoms with van der Waals surface area (Å²) in [6.45, 7) is 10.3. The van der Waals surface area contributed by atoms with Crippen LogP contribution in [0.3, 0.4) is 0 Å². The zero-order valence-corrected chi connectivity index (χ0v) is 7.96. The lowest BCUT2D eigenvalue weighted by atomic mass is 9.82. The lowest BCUT2D eigenvalue weighted by Gasteiger charge is -2.19. The Hall–Kier alpha value is -1.56. The van der Waals surface area contributed by atoms with E-state index in [1.807, 2.05) is 13.0 Å². The molecule has 0 aromatic rings. The average Bonchev–Trinajstić information content (AvgIpc) is 2.16. The number of hydrogen-bond acceptors (Lipinski definition) is 3. The summed E-state index contributed by atoms with van der Waals surface area (Å²) in [7, 11) is 0. The molecule has 70 valence electrons. The molecule has 0 bridgehead atoms. The van der Waals surface area contributed by atoms with Crippen molar-refractivity contribution in [3.63, 3.8) is 0 Å². The van der Waals surface area contributed by atoms with E-state index < -0.39 is 11.4 Å². The van der Waals surface area contributed by atoms with Gasteiger partial charge in [0.25, 0.3) is 0 Å². The lowest BCUT2D eigenvalue weighted by molar-refractivity contribution is -0.134. The molecule has 3 nitrogen and oxygen atoms in total. The molecule has 0 saturated carbocycles. The smallest absolute Gasteiger partial charge is 0.339 e. The molecule has 0 heterocycles. The Morgan fingerprint density at radius 2 is 2.31 bits per heavy atom. The van der Waals surface area contributed by atoms with Gasteiger partial charge in [0.2, 0.25) is 0 Å². The van der Waals surface area contributed by atoms with Crippen molar-refractivity contribution in [3.05, 3.63) is 25.0 Å². The van der Waals surface area contributed by atoms with Crippen LogP contribution in [0.25, 0.3) is 0 Å². The molecule has 0 radical (unpaired) electrons. The number of nitriles is 1. The zero-order valence-electron chi connectivity index (χ0n) is 7.96. The number of rotatable bonds is 4. The van der Waals surface area contributed by atoms with Crippen molar-refractivity contribution in [1.29, 1.82) is 5.26 Å². The summed E-state index contributed by atoms with van der Waals surface area (Å²) in [6.07, 6.45) is 1.55. The molecule has 0 unspecified atom stereocenters. The molecule has 0 aliphatic carbocycles. The Kier molecular flexibility index (Phi) is 3.93. The molecule has 0 aromatic heterocycles. The molecule has 0 aliphatic rings. The molecule has 1 atom stereocenters. The summed E-state index contributed by atoms with van der Waals surface area (Å²) >= 11 is 0. The standard InChI is InChI=1S/C10H13NO2/c1-5-10(4,7-11)8(3)9(12)13-6-2/h6H,2-3,5H2,1,4H3/t10-/m1/s1. The third kappa shape index (κ3) is 2.45. The van der Waals surface area contributed by atoms with E-state index in [1.165, 1.54) is 0 Å². The second kappa shape index (κ2) is 4.46. The summed E-state index contributed by atoms with van der Waals surface area (Å²) in [5.41, 5.74) is -0.683. The van der Waals surface area contributed by atoms with Gasteiger partial charge in [-0.25, -0.2) is 4.79 Å². The van der Waals surface area contributed by atoms with Crippen LogP contribution in [0.2, 0.25) is 0 Å². The van der Waals surface area contributed by atoms with E-state index in [1.54, 1.807) is 6.92 Å². The zero-order chi connectivity index (χ0) is 10.5. The van der Waals surface area contributed by atoms with Crippen molar-refractivity contribution in [1.82, 2.24) is 0 Å². The van der Waals surface area contributed by atoms with Gasteiger partial charge in [-0.1, -0.05) is 20.1 Å². The van der Waals surface area contributed by atoms with Crippen LogP contribution in [0.4, 0.5) is 0 Å². The van der Waals surface area contributed by atoms with E-state index in [-0.39, 0.29) is 5.57 Å². The first kappa shape index (κ1) is 11.4. The average molecular weight is 179 g/mol. The first-order chi connectivity index (χ1) is 6.01. The molecule has 0 saturated heterocycles. The number of nitrogens with zero attached hydrogens (tertiary/aromatic N) is 1. The second-order valence-corrected chi connectivity index (χ2v) is 2.85. The van der Waals surface area contributed by atoms with Gasteiger partial charge in [-0.2, -0.15) is 5.26 Å². The Bertz CT molecular complexity index is 275. The maximum atomic E-state index is 11.2. The lowest BCUT2D eigenvalue weighted by Crippen LogP contribution is -2.22. The van der Waals surface area contributed by atoms with Crippen LogP contribution in [0, 0.1) is 16.7 Å². The normalized spacial score (nSPS) is 13.6. The molecular formula is C10H13NO2. The van der Waals surface area contributed by atoms with Gasteiger partial charge < -0.3 is 4.74 Å². The Morgan fingerprint density at radius 1 is 1.77 bits per heavy atom. The fourth-order valence-corrected chi connectivity index (χ4v) is 0.732. The first-order valence-corrected chi connectivity index (χ1v) is 3.94. The van der Waals surface area contributed by atoms with Crippen LogP contribution >= 0.6 is 0 Å². The van der Waals surface area contributed by atoms with Crippen LogP contribution in [-0.2, 0) is 9.53 Å². The minimum Gasteiger partial charge on any atom is -0.432 e. The third-order valence-electron chi connectivity index (χ3n) is 2.06. The highest BCUT2D eigenvalue weighted by molar-refractivity contribution is 5.90. The van der Waals surface area contributed by atoms with Crippen LogP contribution in [0.5, 0.6) is 0 Å². The molecule has 3 heteroatoms. The topological polar surface area (TPSA) is 50.1 Å². The number of hydrogen-bond donors (Lipinski definition) is 0. The summed E-state index contributed by atoms with van der Waals surface area (Å²) < 4.78 is 4.53. The van der Waals surface area contributed by atoms with Crippen molar-refractivity contribution in [2.24, 2.45) is 5.41 Å². The highest BCUT2D eigenvalue weighted by Crippen LogP contribution is 2.29. The Labute approximate surface area is 78.3 Å². The summed E-state index contributed by atoms with van der Waals surface area (Å²) in [6, 6.07) is 2.03. The molecule has 0 aliphatic heterocycles. The first-order valence-electron chi connectivity index (χ1n) is 3.94. The maximum Gasteiger partial charge on any atom is 0.339 e. The van der Waals surface area contributed by atoms with Crippen LogP contribution in [0.15, 0.2) is 25.0 Å². The molecule has 0 aromatic carbocycles. The van der Waals surface area contributed by atoms with E-state index in [4.69, 9.17) is 5.26 Å². The fraction of sp³-hybridized carbons (Fsp3) is 0.400. The highest BCUT2D eigenvalue weighted by Gasteiger charge is 2.30. The van der Waals surface area contributed by atoms with Crippen LogP contribution in [0.1, 0.15) is 20.3 Å². The second-order valence-electron chi connectivity index (χ2n) is 2.85. The van der Waals surface area contributed by atoms with E-state index in [0.717, 1.165) is 6.26 Å². The van der Waals surface area contributed by atoms with Gasteiger partial charge in [-0.05, 0) is 13.3 Å². The van der Waals surface area contributed by atoms with Gasteiger partial charge in [0.1, 0.15) is 0 Å². The van der Waals surface area contributed by atoms with Crippen LogP contribution < -0.4 is 0 Å². The minimum absolute atomic E-state index is 0.164. The summed E-state index contributed by atoms with van der Waals surface area (Å²) in [5.74, 6) is -0.596. The Balaban J connectivity index is 4.68. The van der Waals surface area contributed by atoms with E-state index >= 15 is 0 Å². The summed E-state index contributed by atoms with van der Waals surface area (Å²) in [5, 5.41) is 8.83. The molecule has 13 heavy (non-hydrogen) atoms. The van der Waals surface area contributed by atoms with Gasteiger partial charge in [0, 0.05) is 0 Å². The maximum absolute atomic E-state index is 11.2. The Morgan fingerprint density at radius 3 is 2.62 bits per heavy atom. The van der Waals surface area contributed by atoms with Gasteiger partial charge in [-0.15, -0.1) is 0 Å². The fourth-order valence-electron chi connectivity index (χ4n) is 0.732. The van der Waals surface area contributed by atoms with Gasteiger partial charge in [-0.3, -0.25) is 0 Å². The quantitative estimate of drug-likeness (QED) is 0.377. The molecule has 0 spiro atoms.